The van der Waals surface area contributed by atoms with Gasteiger partial charge in [-0.15, -0.1) is 0 Å². The van der Waals surface area contributed by atoms with Crippen LogP contribution in [0.15, 0.2) is 18.2 Å². The number of aromatic hydroxyl groups is 1. The number of rotatable bonds is 2. The lowest BCUT2D eigenvalue weighted by atomic mass is 9.81. The van der Waals surface area contributed by atoms with E-state index in [4.69, 9.17) is 0 Å². The van der Waals surface area contributed by atoms with Crippen molar-refractivity contribution in [2.45, 2.75) is 20.8 Å². The van der Waals surface area contributed by atoms with Crippen molar-refractivity contribution in [3.05, 3.63) is 29.3 Å². The zero-order chi connectivity index (χ0) is 15.1. The Bertz CT molecular complexity index is 569. The molecule has 0 bridgehead atoms. The van der Waals surface area contributed by atoms with Gasteiger partial charge < -0.3 is 15.1 Å². The van der Waals surface area contributed by atoms with E-state index in [-0.39, 0.29) is 24.1 Å². The standard InChI is InChI=1S/C15H19NO4/c1-9-4-5-11(17)6-12(9)13(18)16-7-10(2)15(3,8-16)14(19)20/h4-6,10,17H,7-8H2,1-3H3,(H,19,20)/t10-,15-/m1/s1. The largest absolute Gasteiger partial charge is 0.508 e. The number of carbonyl (C=O) groups is 2. The Morgan fingerprint density at radius 1 is 1.40 bits per heavy atom. The summed E-state index contributed by atoms with van der Waals surface area (Å²) in [5, 5.41) is 18.8. The van der Waals surface area contributed by atoms with Gasteiger partial charge in [-0.1, -0.05) is 13.0 Å². The van der Waals surface area contributed by atoms with E-state index in [0.29, 0.717) is 12.1 Å². The van der Waals surface area contributed by atoms with Gasteiger partial charge in [-0.25, -0.2) is 0 Å². The number of hydrogen-bond acceptors (Lipinski definition) is 3. The van der Waals surface area contributed by atoms with Gasteiger partial charge in [0.2, 0.25) is 0 Å². The highest BCUT2D eigenvalue weighted by Gasteiger charge is 2.48. The van der Waals surface area contributed by atoms with Crippen LogP contribution in [-0.4, -0.2) is 40.1 Å². The third-order valence-electron chi connectivity index (χ3n) is 4.33. The monoisotopic (exact) mass is 277 g/mol. The average Bonchev–Trinajstić information content (AvgIpc) is 2.69. The molecular weight excluding hydrogens is 258 g/mol. The van der Waals surface area contributed by atoms with Crippen LogP contribution in [0.3, 0.4) is 0 Å². The van der Waals surface area contributed by atoms with Crippen LogP contribution >= 0.6 is 0 Å². The maximum absolute atomic E-state index is 12.5. The zero-order valence-electron chi connectivity index (χ0n) is 11.9. The topological polar surface area (TPSA) is 77.8 Å². The molecule has 2 atom stereocenters. The molecule has 20 heavy (non-hydrogen) atoms. The Balaban J connectivity index is 2.28. The fraction of sp³-hybridized carbons (Fsp3) is 0.467. The number of carboxylic acid groups (broad SMARTS) is 1. The van der Waals surface area contributed by atoms with Crippen molar-refractivity contribution in [3.63, 3.8) is 0 Å². The van der Waals surface area contributed by atoms with Crippen molar-refractivity contribution < 1.29 is 19.8 Å². The Morgan fingerprint density at radius 2 is 2.05 bits per heavy atom. The summed E-state index contributed by atoms with van der Waals surface area (Å²) < 4.78 is 0. The number of phenolic OH excluding ortho intramolecular Hbond substituents is 1. The third kappa shape index (κ3) is 2.24. The molecule has 108 valence electrons. The van der Waals surface area contributed by atoms with Gasteiger partial charge in [0.25, 0.3) is 5.91 Å². The van der Waals surface area contributed by atoms with Gasteiger partial charge in [0, 0.05) is 18.7 Å². The van der Waals surface area contributed by atoms with Crippen LogP contribution in [0.4, 0.5) is 0 Å². The number of likely N-dealkylation sites (tertiary alicyclic amines) is 1. The molecular formula is C15H19NO4. The van der Waals surface area contributed by atoms with Crippen LogP contribution in [0.2, 0.25) is 0 Å². The highest BCUT2D eigenvalue weighted by molar-refractivity contribution is 5.96. The van der Waals surface area contributed by atoms with Gasteiger partial charge in [-0.2, -0.15) is 0 Å². The molecule has 1 aromatic carbocycles. The number of benzene rings is 1. The lowest BCUT2D eigenvalue weighted by Gasteiger charge is -2.22. The minimum absolute atomic E-state index is 0.0344. The van der Waals surface area contributed by atoms with Crippen LogP contribution in [0.5, 0.6) is 5.75 Å². The molecule has 1 aliphatic rings. The number of aryl methyl sites for hydroxylation is 1. The summed E-state index contributed by atoms with van der Waals surface area (Å²) in [5.41, 5.74) is 0.275. The van der Waals surface area contributed by atoms with E-state index in [0.717, 1.165) is 5.56 Å². The number of phenols is 1. The quantitative estimate of drug-likeness (QED) is 0.865. The summed E-state index contributed by atoms with van der Waals surface area (Å²) >= 11 is 0. The number of carboxylic acids is 1. The lowest BCUT2D eigenvalue weighted by Crippen LogP contribution is -2.36. The van der Waals surface area contributed by atoms with Crippen molar-refractivity contribution >= 4 is 11.9 Å². The first kappa shape index (κ1) is 14.4. The molecule has 2 rings (SSSR count). The van der Waals surface area contributed by atoms with Crippen LogP contribution in [0, 0.1) is 18.3 Å². The Morgan fingerprint density at radius 3 is 2.60 bits per heavy atom. The molecule has 5 nitrogen and oxygen atoms in total. The molecule has 0 unspecified atom stereocenters. The summed E-state index contributed by atoms with van der Waals surface area (Å²) in [5.74, 6) is -1.18. The molecule has 0 spiro atoms. The molecule has 0 aliphatic carbocycles. The van der Waals surface area contributed by atoms with E-state index in [1.54, 1.807) is 24.8 Å². The lowest BCUT2D eigenvalue weighted by molar-refractivity contribution is -0.148. The first-order valence-corrected chi connectivity index (χ1v) is 6.58. The van der Waals surface area contributed by atoms with E-state index in [9.17, 15) is 19.8 Å². The minimum atomic E-state index is -0.916. The van der Waals surface area contributed by atoms with Crippen LogP contribution in [0.1, 0.15) is 29.8 Å². The second kappa shape index (κ2) is 4.81. The molecule has 0 aromatic heterocycles. The molecule has 1 amide bonds. The van der Waals surface area contributed by atoms with Crippen LogP contribution < -0.4 is 0 Å². The molecule has 1 fully saturated rings. The fourth-order valence-electron chi connectivity index (χ4n) is 2.59. The summed E-state index contributed by atoms with van der Waals surface area (Å²) in [7, 11) is 0. The Kier molecular flexibility index (Phi) is 3.46. The minimum Gasteiger partial charge on any atom is -0.508 e. The van der Waals surface area contributed by atoms with Gasteiger partial charge in [0.1, 0.15) is 5.75 Å². The molecule has 1 aromatic rings. The SMILES string of the molecule is Cc1ccc(O)cc1C(=O)N1C[C@@H](C)[C@](C)(C(=O)O)C1. The molecule has 2 N–H and O–H groups in total. The predicted molar refractivity (Wildman–Crippen MR) is 73.7 cm³/mol. The van der Waals surface area contributed by atoms with Crippen molar-refractivity contribution in [1.29, 1.82) is 0 Å². The Hall–Kier alpha value is -2.04. The first-order valence-electron chi connectivity index (χ1n) is 6.58. The second-order valence-corrected chi connectivity index (χ2v) is 5.81. The van der Waals surface area contributed by atoms with Gasteiger partial charge >= 0.3 is 5.97 Å². The van der Waals surface area contributed by atoms with E-state index in [1.807, 2.05) is 6.92 Å². The summed E-state index contributed by atoms with van der Waals surface area (Å²) in [6.07, 6.45) is 0. The van der Waals surface area contributed by atoms with Crippen LogP contribution in [-0.2, 0) is 4.79 Å². The molecule has 1 saturated heterocycles. The molecule has 0 radical (unpaired) electrons. The number of hydrogen-bond donors (Lipinski definition) is 2. The van der Waals surface area contributed by atoms with Crippen LogP contribution in [0.25, 0.3) is 0 Å². The van der Waals surface area contributed by atoms with Gasteiger partial charge in [-0.05, 0) is 37.5 Å². The molecule has 1 aliphatic heterocycles. The first-order chi connectivity index (χ1) is 9.25. The highest BCUT2D eigenvalue weighted by Crippen LogP contribution is 2.36. The van der Waals surface area contributed by atoms with E-state index in [2.05, 4.69) is 0 Å². The summed E-state index contributed by atoms with van der Waals surface area (Å²) in [6.45, 7) is 5.91. The van der Waals surface area contributed by atoms with Crippen molar-refractivity contribution in [3.8, 4) is 5.75 Å². The van der Waals surface area contributed by atoms with Crippen molar-refractivity contribution in [2.24, 2.45) is 11.3 Å². The molecule has 1 heterocycles. The zero-order valence-corrected chi connectivity index (χ0v) is 11.9. The smallest absolute Gasteiger partial charge is 0.311 e. The van der Waals surface area contributed by atoms with Gasteiger partial charge in [-0.3, -0.25) is 9.59 Å². The second-order valence-electron chi connectivity index (χ2n) is 5.81. The van der Waals surface area contributed by atoms with Gasteiger partial charge in [0.05, 0.1) is 5.41 Å². The number of nitrogens with zero attached hydrogens (tertiary/aromatic N) is 1. The normalized spacial score (nSPS) is 25.8. The molecule has 0 saturated carbocycles. The van der Waals surface area contributed by atoms with Crippen molar-refractivity contribution in [1.82, 2.24) is 4.90 Å². The predicted octanol–water partition coefficient (Wildman–Crippen LogP) is 1.88. The number of aliphatic carboxylic acids is 1. The van der Waals surface area contributed by atoms with Gasteiger partial charge in [0.15, 0.2) is 0 Å². The van der Waals surface area contributed by atoms with E-state index >= 15 is 0 Å². The maximum Gasteiger partial charge on any atom is 0.311 e. The summed E-state index contributed by atoms with van der Waals surface area (Å²) in [6, 6.07) is 4.64. The average molecular weight is 277 g/mol. The highest BCUT2D eigenvalue weighted by atomic mass is 16.4. The van der Waals surface area contributed by atoms with E-state index < -0.39 is 11.4 Å². The number of carbonyl (C=O) groups excluding carboxylic acids is 1. The molecule has 5 heteroatoms. The fourth-order valence-corrected chi connectivity index (χ4v) is 2.59. The maximum atomic E-state index is 12.5. The third-order valence-corrected chi connectivity index (χ3v) is 4.33. The number of amides is 1. The van der Waals surface area contributed by atoms with Crippen molar-refractivity contribution in [2.75, 3.05) is 13.1 Å². The Labute approximate surface area is 117 Å². The summed E-state index contributed by atoms with van der Waals surface area (Å²) in [4.78, 5) is 25.4. The van der Waals surface area contributed by atoms with E-state index in [1.165, 1.54) is 12.1 Å².